The first-order chi connectivity index (χ1) is 7.32. The molecule has 7 heteroatoms. The standard InChI is InChI=1S/C9H19N3O3S/c1-6(3-4-16(2)15)12-9(14)7(10)5-8(11)13/h6-7H,3-5,10H2,1-2H3,(H2,11,13)(H,12,14). The van der Waals surface area contributed by atoms with Crippen LogP contribution in [0.2, 0.25) is 0 Å². The van der Waals surface area contributed by atoms with Crippen molar-refractivity contribution < 1.29 is 13.8 Å². The minimum atomic E-state index is -0.910. The number of rotatable bonds is 7. The molecule has 0 fully saturated rings. The average molecular weight is 249 g/mol. The van der Waals surface area contributed by atoms with E-state index in [1.54, 1.807) is 13.2 Å². The smallest absolute Gasteiger partial charge is 0.237 e. The van der Waals surface area contributed by atoms with Gasteiger partial charge in [-0.3, -0.25) is 13.8 Å². The van der Waals surface area contributed by atoms with E-state index in [1.807, 2.05) is 0 Å². The van der Waals surface area contributed by atoms with Crippen molar-refractivity contribution >= 4 is 22.6 Å². The van der Waals surface area contributed by atoms with E-state index in [1.165, 1.54) is 0 Å². The van der Waals surface area contributed by atoms with Gasteiger partial charge in [-0.1, -0.05) is 0 Å². The fourth-order valence-electron chi connectivity index (χ4n) is 1.07. The zero-order valence-corrected chi connectivity index (χ0v) is 10.4. The molecule has 0 heterocycles. The third kappa shape index (κ3) is 7.36. The summed E-state index contributed by atoms with van der Waals surface area (Å²) in [7, 11) is -0.877. The van der Waals surface area contributed by atoms with Crippen LogP contribution in [0.4, 0.5) is 0 Å². The van der Waals surface area contributed by atoms with E-state index in [2.05, 4.69) is 5.32 Å². The molecule has 3 atom stereocenters. The second-order valence-electron chi connectivity index (χ2n) is 3.75. The first-order valence-corrected chi connectivity index (χ1v) is 6.70. The van der Waals surface area contributed by atoms with E-state index >= 15 is 0 Å². The molecule has 3 unspecified atom stereocenters. The molecule has 0 aliphatic rings. The molecule has 94 valence electrons. The summed E-state index contributed by atoms with van der Waals surface area (Å²) in [5.41, 5.74) is 10.4. The Morgan fingerprint density at radius 2 is 2.00 bits per heavy atom. The van der Waals surface area contributed by atoms with Gasteiger partial charge in [0.15, 0.2) is 0 Å². The second-order valence-corrected chi connectivity index (χ2v) is 5.31. The molecule has 0 aliphatic heterocycles. The molecular formula is C9H19N3O3S. The number of carbonyl (C=O) groups excluding carboxylic acids is 2. The van der Waals surface area contributed by atoms with Gasteiger partial charge in [-0.15, -0.1) is 0 Å². The molecule has 0 aromatic heterocycles. The fraction of sp³-hybridized carbons (Fsp3) is 0.778. The largest absolute Gasteiger partial charge is 0.370 e. The molecule has 16 heavy (non-hydrogen) atoms. The fourth-order valence-corrected chi connectivity index (χ4v) is 1.76. The lowest BCUT2D eigenvalue weighted by Crippen LogP contribution is -2.46. The van der Waals surface area contributed by atoms with Crippen molar-refractivity contribution in [3.8, 4) is 0 Å². The highest BCUT2D eigenvalue weighted by Gasteiger charge is 2.17. The minimum absolute atomic E-state index is 0.115. The molecule has 0 saturated carbocycles. The van der Waals surface area contributed by atoms with E-state index in [9.17, 15) is 13.8 Å². The van der Waals surface area contributed by atoms with E-state index in [0.717, 1.165) is 0 Å². The number of nitrogens with one attached hydrogen (secondary N) is 1. The lowest BCUT2D eigenvalue weighted by molar-refractivity contribution is -0.126. The number of nitrogens with two attached hydrogens (primary N) is 2. The van der Waals surface area contributed by atoms with Crippen molar-refractivity contribution in [3.05, 3.63) is 0 Å². The molecular weight excluding hydrogens is 230 g/mol. The Balaban J connectivity index is 3.93. The van der Waals surface area contributed by atoms with Crippen LogP contribution in [0.15, 0.2) is 0 Å². The normalized spacial score (nSPS) is 16.2. The van der Waals surface area contributed by atoms with E-state index in [0.29, 0.717) is 12.2 Å². The number of hydrogen-bond donors (Lipinski definition) is 3. The predicted octanol–water partition coefficient (Wildman–Crippen LogP) is -1.54. The molecule has 0 aromatic carbocycles. The van der Waals surface area contributed by atoms with Crippen LogP contribution in [0, 0.1) is 0 Å². The average Bonchev–Trinajstić information content (AvgIpc) is 2.13. The second kappa shape index (κ2) is 7.34. The summed E-state index contributed by atoms with van der Waals surface area (Å²) in [4.78, 5) is 22.0. The molecule has 5 N–H and O–H groups in total. The third-order valence-corrected chi connectivity index (χ3v) is 2.80. The van der Waals surface area contributed by atoms with Gasteiger partial charge in [0.2, 0.25) is 11.8 Å². The number of primary amides is 1. The van der Waals surface area contributed by atoms with E-state index in [-0.39, 0.29) is 12.5 Å². The van der Waals surface area contributed by atoms with Crippen LogP contribution >= 0.6 is 0 Å². The summed E-state index contributed by atoms with van der Waals surface area (Å²) in [5, 5.41) is 2.63. The van der Waals surface area contributed by atoms with Crippen LogP contribution in [0.1, 0.15) is 19.8 Å². The first-order valence-electron chi connectivity index (χ1n) is 4.97. The van der Waals surface area contributed by atoms with Crippen molar-refractivity contribution in [1.82, 2.24) is 5.32 Å². The zero-order chi connectivity index (χ0) is 12.7. The summed E-state index contributed by atoms with van der Waals surface area (Å²) >= 11 is 0. The van der Waals surface area contributed by atoms with Crippen LogP contribution in [-0.2, 0) is 20.4 Å². The topological polar surface area (TPSA) is 115 Å². The zero-order valence-electron chi connectivity index (χ0n) is 9.56. The van der Waals surface area contributed by atoms with Gasteiger partial charge in [-0.25, -0.2) is 0 Å². The molecule has 0 saturated heterocycles. The highest BCUT2D eigenvalue weighted by atomic mass is 32.2. The lowest BCUT2D eigenvalue weighted by Gasteiger charge is -2.16. The molecule has 6 nitrogen and oxygen atoms in total. The maximum atomic E-state index is 11.4. The highest BCUT2D eigenvalue weighted by molar-refractivity contribution is 7.84. The number of carbonyl (C=O) groups is 2. The summed E-state index contributed by atoms with van der Waals surface area (Å²) in [6.45, 7) is 1.79. The van der Waals surface area contributed by atoms with Crippen molar-refractivity contribution in [2.75, 3.05) is 12.0 Å². The third-order valence-electron chi connectivity index (χ3n) is 1.98. The van der Waals surface area contributed by atoms with Crippen LogP contribution in [0.5, 0.6) is 0 Å². The monoisotopic (exact) mass is 249 g/mol. The van der Waals surface area contributed by atoms with Gasteiger partial charge in [0.1, 0.15) is 0 Å². The van der Waals surface area contributed by atoms with Crippen molar-refractivity contribution in [1.29, 1.82) is 0 Å². The lowest BCUT2D eigenvalue weighted by atomic mass is 10.1. The molecule has 0 bridgehead atoms. The molecule has 0 aromatic rings. The molecule has 0 aliphatic carbocycles. The Hall–Kier alpha value is -0.950. The Morgan fingerprint density at radius 1 is 1.44 bits per heavy atom. The van der Waals surface area contributed by atoms with Crippen molar-refractivity contribution in [3.63, 3.8) is 0 Å². The Labute approximate surface area is 97.6 Å². The maximum absolute atomic E-state index is 11.4. The quantitative estimate of drug-likeness (QED) is 0.507. The van der Waals surface area contributed by atoms with Crippen LogP contribution < -0.4 is 16.8 Å². The predicted molar refractivity (Wildman–Crippen MR) is 62.9 cm³/mol. The van der Waals surface area contributed by atoms with E-state index in [4.69, 9.17) is 11.5 Å². The Bertz CT molecular complexity index is 283. The number of hydrogen-bond acceptors (Lipinski definition) is 4. The molecule has 0 spiro atoms. The van der Waals surface area contributed by atoms with E-state index < -0.39 is 28.7 Å². The summed E-state index contributed by atoms with van der Waals surface area (Å²) in [6.07, 6.45) is 2.05. The van der Waals surface area contributed by atoms with Gasteiger partial charge in [-0.05, 0) is 13.3 Å². The maximum Gasteiger partial charge on any atom is 0.237 e. The van der Waals surface area contributed by atoms with Gasteiger partial charge in [0.05, 0.1) is 12.5 Å². The van der Waals surface area contributed by atoms with Gasteiger partial charge in [0, 0.05) is 28.9 Å². The van der Waals surface area contributed by atoms with Crippen molar-refractivity contribution in [2.24, 2.45) is 11.5 Å². The van der Waals surface area contributed by atoms with Crippen LogP contribution in [-0.4, -0.2) is 40.1 Å². The SMILES string of the molecule is CC(CCS(C)=O)NC(=O)C(N)CC(N)=O. The molecule has 0 rings (SSSR count). The van der Waals surface area contributed by atoms with Gasteiger partial charge >= 0.3 is 0 Å². The summed E-state index contributed by atoms with van der Waals surface area (Å²) < 4.78 is 10.8. The minimum Gasteiger partial charge on any atom is -0.370 e. The van der Waals surface area contributed by atoms with Crippen LogP contribution in [0.3, 0.4) is 0 Å². The first kappa shape index (κ1) is 15.0. The van der Waals surface area contributed by atoms with Gasteiger partial charge in [-0.2, -0.15) is 0 Å². The number of amides is 2. The summed E-state index contributed by atoms with van der Waals surface area (Å²) in [5.74, 6) is -0.495. The summed E-state index contributed by atoms with van der Waals surface area (Å²) in [6, 6.07) is -1.03. The molecule has 0 radical (unpaired) electrons. The molecule has 2 amide bonds. The Morgan fingerprint density at radius 3 is 2.44 bits per heavy atom. The highest BCUT2D eigenvalue weighted by Crippen LogP contribution is 1.95. The van der Waals surface area contributed by atoms with Gasteiger partial charge in [0.25, 0.3) is 0 Å². The van der Waals surface area contributed by atoms with Crippen molar-refractivity contribution in [2.45, 2.75) is 31.8 Å². The Kier molecular flexibility index (Phi) is 6.91. The van der Waals surface area contributed by atoms with Crippen LogP contribution in [0.25, 0.3) is 0 Å². The van der Waals surface area contributed by atoms with Gasteiger partial charge < -0.3 is 16.8 Å².